The van der Waals surface area contributed by atoms with Crippen LogP contribution in [0, 0.1) is 5.92 Å². The number of rotatable bonds is 11. The maximum Gasteiger partial charge on any atom is 0.254 e. The zero-order valence-corrected chi connectivity index (χ0v) is 19.2. The monoisotopic (exact) mass is 446 g/mol. The van der Waals surface area contributed by atoms with Crippen LogP contribution in [0.1, 0.15) is 36.8 Å². The Kier molecular flexibility index (Phi) is 9.61. The van der Waals surface area contributed by atoms with Crippen molar-refractivity contribution < 1.29 is 19.1 Å². The number of nitrogens with one attached hydrogen (secondary N) is 2. The first-order valence-electron chi connectivity index (χ1n) is 10.2. The fraction of sp³-hybridized carbons (Fsp3) is 0.455. The molecule has 0 aliphatic rings. The summed E-state index contributed by atoms with van der Waals surface area (Å²) in [6.07, 6.45) is 0.149. The number of carbonyl (C=O) groups excluding carboxylic acids is 3. The highest BCUT2D eigenvalue weighted by molar-refractivity contribution is 7.13. The Balaban J connectivity index is 1.94. The minimum absolute atomic E-state index is 0.0746. The van der Waals surface area contributed by atoms with E-state index in [1.165, 1.54) is 16.2 Å². The van der Waals surface area contributed by atoms with E-state index < -0.39 is 0 Å². The number of methoxy groups -OCH3 is 1. The van der Waals surface area contributed by atoms with E-state index >= 15 is 0 Å². The molecule has 1 aromatic carbocycles. The highest BCUT2D eigenvalue weighted by Crippen LogP contribution is 2.16. The molecule has 0 fully saturated rings. The van der Waals surface area contributed by atoms with Crippen molar-refractivity contribution in [3.63, 3.8) is 0 Å². The average molecular weight is 447 g/mol. The molecule has 2 N–H and O–H groups in total. The molecule has 0 saturated heterocycles. The molecule has 8 nitrogen and oxygen atoms in total. The molecule has 31 heavy (non-hydrogen) atoms. The van der Waals surface area contributed by atoms with Crippen molar-refractivity contribution >= 4 is 34.2 Å². The predicted molar refractivity (Wildman–Crippen MR) is 121 cm³/mol. The van der Waals surface area contributed by atoms with Gasteiger partial charge in [0.1, 0.15) is 6.54 Å². The van der Waals surface area contributed by atoms with Crippen molar-refractivity contribution in [3.05, 3.63) is 47.0 Å². The molecule has 0 saturated carbocycles. The van der Waals surface area contributed by atoms with Gasteiger partial charge in [0, 0.05) is 30.6 Å². The van der Waals surface area contributed by atoms with Gasteiger partial charge in [-0.15, -0.1) is 11.3 Å². The number of ether oxygens (including phenoxy) is 1. The van der Waals surface area contributed by atoms with Crippen molar-refractivity contribution in [1.29, 1.82) is 0 Å². The summed E-state index contributed by atoms with van der Waals surface area (Å²) >= 11 is 1.24. The number of carbonyl (C=O) groups is 3. The summed E-state index contributed by atoms with van der Waals surface area (Å²) in [7, 11) is 1.54. The number of anilines is 1. The van der Waals surface area contributed by atoms with Gasteiger partial charge < -0.3 is 20.3 Å². The lowest BCUT2D eigenvalue weighted by molar-refractivity contribution is -0.121. The highest BCUT2D eigenvalue weighted by Gasteiger charge is 2.19. The van der Waals surface area contributed by atoms with Crippen molar-refractivity contribution in [2.45, 2.75) is 33.2 Å². The summed E-state index contributed by atoms with van der Waals surface area (Å²) in [5, 5.41) is 7.78. The Morgan fingerprint density at radius 1 is 1.13 bits per heavy atom. The standard InChI is InChI=1S/C22H30N4O4S/c1-15(2)16(3)23-19(27)12-18-14-31-22(24-18)25-20(28)13-26(10-11-30-4)21(29)17-8-6-5-7-9-17/h5-9,14-16H,10-13H2,1-4H3,(H,23,27)(H,24,25,28). The van der Waals surface area contributed by atoms with E-state index in [4.69, 9.17) is 4.74 Å². The van der Waals surface area contributed by atoms with Crippen LogP contribution in [-0.2, 0) is 20.7 Å². The minimum Gasteiger partial charge on any atom is -0.383 e. The summed E-state index contributed by atoms with van der Waals surface area (Å²) in [6, 6.07) is 8.86. The van der Waals surface area contributed by atoms with Gasteiger partial charge in [-0.3, -0.25) is 14.4 Å². The number of benzene rings is 1. The minimum atomic E-state index is -0.362. The molecule has 1 unspecified atom stereocenters. The van der Waals surface area contributed by atoms with E-state index in [1.807, 2.05) is 26.8 Å². The summed E-state index contributed by atoms with van der Waals surface area (Å²) in [5.74, 6) is -0.375. The first-order valence-corrected chi connectivity index (χ1v) is 11.0. The molecule has 0 aliphatic heterocycles. The SMILES string of the molecule is COCCN(CC(=O)Nc1nc(CC(=O)NC(C)C(C)C)cs1)C(=O)c1ccccc1. The van der Waals surface area contributed by atoms with Crippen LogP contribution in [0.3, 0.4) is 0 Å². The maximum absolute atomic E-state index is 12.7. The largest absolute Gasteiger partial charge is 0.383 e. The predicted octanol–water partition coefficient (Wildman–Crippen LogP) is 2.57. The van der Waals surface area contributed by atoms with Crippen LogP contribution in [0.25, 0.3) is 0 Å². The third-order valence-electron chi connectivity index (χ3n) is 4.74. The van der Waals surface area contributed by atoms with Gasteiger partial charge in [0.2, 0.25) is 11.8 Å². The Morgan fingerprint density at radius 3 is 2.48 bits per heavy atom. The zero-order valence-electron chi connectivity index (χ0n) is 18.4. The molecule has 2 rings (SSSR count). The summed E-state index contributed by atoms with van der Waals surface area (Å²) < 4.78 is 5.07. The smallest absolute Gasteiger partial charge is 0.254 e. The number of aromatic nitrogens is 1. The Morgan fingerprint density at radius 2 is 1.84 bits per heavy atom. The number of hydrogen-bond donors (Lipinski definition) is 2. The van der Waals surface area contributed by atoms with Crippen molar-refractivity contribution in [1.82, 2.24) is 15.2 Å². The maximum atomic E-state index is 12.7. The summed E-state index contributed by atoms with van der Waals surface area (Å²) in [5.41, 5.74) is 1.09. The molecule has 0 aliphatic carbocycles. The molecule has 3 amide bonds. The molecule has 0 spiro atoms. The number of thiazole rings is 1. The van der Waals surface area contributed by atoms with Crippen molar-refractivity contribution in [2.24, 2.45) is 5.92 Å². The van der Waals surface area contributed by atoms with Crippen LogP contribution in [0.4, 0.5) is 5.13 Å². The quantitative estimate of drug-likeness (QED) is 0.553. The van der Waals surface area contributed by atoms with Crippen LogP contribution < -0.4 is 10.6 Å². The number of amides is 3. The molecule has 1 heterocycles. The van der Waals surface area contributed by atoms with Crippen molar-refractivity contribution in [2.75, 3.05) is 32.1 Å². The molecule has 0 bridgehead atoms. The molecule has 1 aromatic heterocycles. The lowest BCUT2D eigenvalue weighted by Gasteiger charge is -2.21. The molecule has 9 heteroatoms. The lowest BCUT2D eigenvalue weighted by atomic mass is 10.1. The zero-order chi connectivity index (χ0) is 22.8. The first-order chi connectivity index (χ1) is 14.8. The average Bonchev–Trinajstić information content (AvgIpc) is 3.17. The van der Waals surface area contributed by atoms with Crippen LogP contribution >= 0.6 is 11.3 Å². The van der Waals surface area contributed by atoms with Gasteiger partial charge in [-0.2, -0.15) is 0 Å². The van der Waals surface area contributed by atoms with E-state index in [0.717, 1.165) is 0 Å². The van der Waals surface area contributed by atoms with Crippen LogP contribution in [0.15, 0.2) is 35.7 Å². The molecular formula is C22H30N4O4S. The fourth-order valence-electron chi connectivity index (χ4n) is 2.63. The van der Waals surface area contributed by atoms with Gasteiger partial charge in [0.05, 0.1) is 18.7 Å². The Labute approximate surface area is 187 Å². The molecule has 2 aromatic rings. The fourth-order valence-corrected chi connectivity index (χ4v) is 3.36. The lowest BCUT2D eigenvalue weighted by Crippen LogP contribution is -2.40. The highest BCUT2D eigenvalue weighted by atomic mass is 32.1. The first kappa shape index (κ1) is 24.5. The van der Waals surface area contributed by atoms with Crippen molar-refractivity contribution in [3.8, 4) is 0 Å². The molecule has 0 radical (unpaired) electrons. The van der Waals surface area contributed by atoms with Gasteiger partial charge in [-0.1, -0.05) is 32.0 Å². The van der Waals surface area contributed by atoms with Gasteiger partial charge >= 0.3 is 0 Å². The van der Waals surface area contributed by atoms with Gasteiger partial charge in [0.25, 0.3) is 5.91 Å². The van der Waals surface area contributed by atoms with Gasteiger partial charge in [-0.25, -0.2) is 4.98 Å². The Bertz CT molecular complexity index is 869. The van der Waals surface area contributed by atoms with Crippen LogP contribution in [-0.4, -0.2) is 60.5 Å². The van der Waals surface area contributed by atoms with E-state index in [9.17, 15) is 14.4 Å². The van der Waals surface area contributed by atoms with E-state index in [1.54, 1.807) is 36.8 Å². The number of nitrogens with zero attached hydrogens (tertiary/aromatic N) is 2. The van der Waals surface area contributed by atoms with Crippen LogP contribution in [0.5, 0.6) is 0 Å². The summed E-state index contributed by atoms with van der Waals surface area (Å²) in [6.45, 7) is 6.52. The molecular weight excluding hydrogens is 416 g/mol. The molecule has 1 atom stereocenters. The summed E-state index contributed by atoms with van der Waals surface area (Å²) in [4.78, 5) is 43.1. The van der Waals surface area contributed by atoms with Crippen LogP contribution in [0.2, 0.25) is 0 Å². The number of hydrogen-bond acceptors (Lipinski definition) is 6. The second-order valence-corrected chi connectivity index (χ2v) is 8.41. The second kappa shape index (κ2) is 12.2. The van der Waals surface area contributed by atoms with E-state index in [2.05, 4.69) is 15.6 Å². The third-order valence-corrected chi connectivity index (χ3v) is 5.54. The Hall–Kier alpha value is -2.78. The third kappa shape index (κ3) is 8.10. The van der Waals surface area contributed by atoms with E-state index in [0.29, 0.717) is 28.9 Å². The topological polar surface area (TPSA) is 101 Å². The van der Waals surface area contributed by atoms with Gasteiger partial charge in [0.15, 0.2) is 5.13 Å². The normalized spacial score (nSPS) is 11.8. The van der Waals surface area contributed by atoms with E-state index in [-0.39, 0.29) is 43.3 Å². The second-order valence-electron chi connectivity index (χ2n) is 7.55. The van der Waals surface area contributed by atoms with Gasteiger partial charge in [-0.05, 0) is 25.0 Å². The molecule has 168 valence electrons.